The first kappa shape index (κ1) is 13.5. The summed E-state index contributed by atoms with van der Waals surface area (Å²) in [7, 11) is 0. The van der Waals surface area contributed by atoms with E-state index in [1.165, 1.54) is 22.7 Å². The van der Waals surface area contributed by atoms with Crippen molar-refractivity contribution in [2.75, 3.05) is 0 Å². The lowest BCUT2D eigenvalue weighted by Crippen LogP contribution is -2.18. The number of fused-ring (bicyclic) bond motifs is 2. The monoisotopic (exact) mass is 326 g/mol. The summed E-state index contributed by atoms with van der Waals surface area (Å²) in [6, 6.07) is 8.74. The number of hydrogen-bond acceptors (Lipinski definition) is 6. The van der Waals surface area contributed by atoms with Crippen molar-refractivity contribution in [3.05, 3.63) is 56.9 Å². The molecule has 2 aromatic heterocycles. The Morgan fingerprint density at radius 1 is 0.955 bits per heavy atom. The molecule has 0 N–H and O–H groups in total. The van der Waals surface area contributed by atoms with Crippen LogP contribution in [0.1, 0.15) is 43.1 Å². The average molecular weight is 326 g/mol. The number of carbonyl (C=O) groups excluding carboxylic acids is 2. The van der Waals surface area contributed by atoms with E-state index in [0.717, 1.165) is 21.3 Å². The van der Waals surface area contributed by atoms with Crippen molar-refractivity contribution >= 4 is 34.2 Å². The summed E-state index contributed by atoms with van der Waals surface area (Å²) >= 11 is 2.83. The highest BCUT2D eigenvalue weighted by Crippen LogP contribution is 2.38. The first-order chi connectivity index (χ1) is 10.7. The van der Waals surface area contributed by atoms with Crippen molar-refractivity contribution < 1.29 is 9.59 Å². The minimum Gasteiger partial charge on any atom is -0.289 e. The van der Waals surface area contributed by atoms with E-state index in [0.29, 0.717) is 21.6 Å². The van der Waals surface area contributed by atoms with Crippen molar-refractivity contribution in [3.8, 4) is 9.88 Å². The summed E-state index contributed by atoms with van der Waals surface area (Å²) in [5, 5.41) is 9.97. The molecule has 0 saturated carbocycles. The largest absolute Gasteiger partial charge is 0.289 e. The molecule has 0 atom stereocenters. The molecule has 108 valence electrons. The molecule has 1 aromatic carbocycles. The van der Waals surface area contributed by atoms with Crippen molar-refractivity contribution in [2.45, 2.75) is 13.3 Å². The predicted octanol–water partition coefficient (Wildman–Crippen LogP) is 3.60. The maximum Gasteiger partial charge on any atom is 0.204 e. The Labute approximate surface area is 134 Å². The number of rotatable bonds is 2. The lowest BCUT2D eigenvalue weighted by Gasteiger charge is -2.12. The normalized spacial score (nSPS) is 13.1. The smallest absolute Gasteiger partial charge is 0.204 e. The number of aromatic nitrogens is 2. The second kappa shape index (κ2) is 4.93. The summed E-state index contributed by atoms with van der Waals surface area (Å²) in [6.45, 7) is 2.02. The van der Waals surface area contributed by atoms with Crippen LogP contribution >= 0.6 is 22.7 Å². The van der Waals surface area contributed by atoms with Crippen molar-refractivity contribution in [1.82, 2.24) is 10.2 Å². The number of nitrogens with zero attached hydrogens (tertiary/aromatic N) is 2. The standard InChI is InChI=1S/C16H10N2O2S2/c1-2-12-17-18-16(22-12)11-7-10-13(19)8-5-3-4-6-9(8)14(20)15(10)21-11/h3-7H,2H2,1H3. The van der Waals surface area contributed by atoms with Crippen LogP contribution in [0.5, 0.6) is 0 Å². The maximum absolute atomic E-state index is 12.6. The SMILES string of the molecule is CCc1nnc(-c2cc3c(s2)C(=O)c2ccccc2C3=O)s1. The van der Waals surface area contributed by atoms with Crippen LogP contribution in [0.25, 0.3) is 9.88 Å². The molecule has 22 heavy (non-hydrogen) atoms. The molecule has 0 fully saturated rings. The molecule has 0 bridgehead atoms. The van der Waals surface area contributed by atoms with E-state index in [1.807, 2.05) is 6.92 Å². The summed E-state index contributed by atoms with van der Waals surface area (Å²) in [4.78, 5) is 26.5. The van der Waals surface area contributed by atoms with Gasteiger partial charge in [0.2, 0.25) is 5.78 Å². The minimum atomic E-state index is -0.0899. The van der Waals surface area contributed by atoms with Gasteiger partial charge in [-0.15, -0.1) is 21.5 Å². The lowest BCUT2D eigenvalue weighted by atomic mass is 9.89. The molecule has 0 saturated heterocycles. The highest BCUT2D eigenvalue weighted by molar-refractivity contribution is 7.23. The Balaban J connectivity index is 1.86. The van der Waals surface area contributed by atoms with Crippen LogP contribution in [0.3, 0.4) is 0 Å². The zero-order chi connectivity index (χ0) is 15.3. The van der Waals surface area contributed by atoms with Gasteiger partial charge in [-0.3, -0.25) is 9.59 Å². The number of ketones is 2. The fourth-order valence-corrected chi connectivity index (χ4v) is 4.41. The molecule has 6 heteroatoms. The fourth-order valence-electron chi connectivity index (χ4n) is 2.48. The summed E-state index contributed by atoms with van der Waals surface area (Å²) < 4.78 is 0. The van der Waals surface area contributed by atoms with Gasteiger partial charge in [0.1, 0.15) is 5.01 Å². The van der Waals surface area contributed by atoms with E-state index >= 15 is 0 Å². The predicted molar refractivity (Wildman–Crippen MR) is 85.9 cm³/mol. The van der Waals surface area contributed by atoms with Crippen molar-refractivity contribution in [3.63, 3.8) is 0 Å². The average Bonchev–Trinajstić information content (AvgIpc) is 3.19. The molecule has 4 nitrogen and oxygen atoms in total. The first-order valence-corrected chi connectivity index (χ1v) is 8.47. The highest BCUT2D eigenvalue weighted by Gasteiger charge is 2.32. The van der Waals surface area contributed by atoms with Crippen LogP contribution in [0.4, 0.5) is 0 Å². The number of hydrogen-bond donors (Lipinski definition) is 0. The van der Waals surface area contributed by atoms with Crippen LogP contribution in [0.15, 0.2) is 30.3 Å². The molecule has 1 aliphatic rings. The third-order valence-electron chi connectivity index (χ3n) is 3.58. The van der Waals surface area contributed by atoms with Crippen LogP contribution in [-0.2, 0) is 6.42 Å². The van der Waals surface area contributed by atoms with E-state index < -0.39 is 0 Å². The van der Waals surface area contributed by atoms with Crippen molar-refractivity contribution in [2.24, 2.45) is 0 Å². The van der Waals surface area contributed by atoms with Gasteiger partial charge >= 0.3 is 0 Å². The molecule has 1 aliphatic carbocycles. The zero-order valence-electron chi connectivity index (χ0n) is 11.6. The van der Waals surface area contributed by atoms with Crippen LogP contribution < -0.4 is 0 Å². The van der Waals surface area contributed by atoms with Crippen LogP contribution in [0.2, 0.25) is 0 Å². The molecule has 0 radical (unpaired) electrons. The highest BCUT2D eigenvalue weighted by atomic mass is 32.1. The molecule has 0 amide bonds. The Kier molecular flexibility index (Phi) is 3.02. The molecular weight excluding hydrogens is 316 g/mol. The molecule has 4 rings (SSSR count). The van der Waals surface area contributed by atoms with Gasteiger partial charge in [0.25, 0.3) is 0 Å². The van der Waals surface area contributed by atoms with E-state index in [-0.39, 0.29) is 11.6 Å². The molecule has 2 heterocycles. The van der Waals surface area contributed by atoms with Gasteiger partial charge in [0, 0.05) is 16.7 Å². The summed E-state index contributed by atoms with van der Waals surface area (Å²) in [5.74, 6) is -0.172. The van der Waals surface area contributed by atoms with E-state index in [4.69, 9.17) is 0 Å². The lowest BCUT2D eigenvalue weighted by molar-refractivity contribution is 0.0982. The maximum atomic E-state index is 12.6. The van der Waals surface area contributed by atoms with E-state index in [9.17, 15) is 9.59 Å². The summed E-state index contributed by atoms with van der Waals surface area (Å²) in [5.41, 5.74) is 1.45. The van der Waals surface area contributed by atoms with Crippen LogP contribution in [-0.4, -0.2) is 21.8 Å². The van der Waals surface area contributed by atoms with Gasteiger partial charge in [-0.2, -0.15) is 0 Å². The Morgan fingerprint density at radius 3 is 2.36 bits per heavy atom. The Hall–Kier alpha value is -2.18. The molecular formula is C16H10N2O2S2. The van der Waals surface area contributed by atoms with Crippen LogP contribution in [0, 0.1) is 0 Å². The number of thiophene rings is 1. The topological polar surface area (TPSA) is 59.9 Å². The number of aryl methyl sites for hydroxylation is 1. The second-order valence-electron chi connectivity index (χ2n) is 4.91. The van der Waals surface area contributed by atoms with Gasteiger partial charge in [-0.25, -0.2) is 0 Å². The first-order valence-electron chi connectivity index (χ1n) is 6.84. The molecule has 0 aliphatic heterocycles. The Bertz CT molecular complexity index is 871. The van der Waals surface area contributed by atoms with Gasteiger partial charge in [-0.05, 0) is 12.5 Å². The van der Waals surface area contributed by atoms with Gasteiger partial charge in [0.15, 0.2) is 10.8 Å². The van der Waals surface area contributed by atoms with Gasteiger partial charge in [-0.1, -0.05) is 42.5 Å². The van der Waals surface area contributed by atoms with Crippen molar-refractivity contribution in [1.29, 1.82) is 0 Å². The van der Waals surface area contributed by atoms with Gasteiger partial charge in [0.05, 0.1) is 9.75 Å². The zero-order valence-corrected chi connectivity index (χ0v) is 13.3. The van der Waals surface area contributed by atoms with E-state index in [2.05, 4.69) is 10.2 Å². The van der Waals surface area contributed by atoms with Gasteiger partial charge < -0.3 is 0 Å². The molecule has 3 aromatic rings. The summed E-state index contributed by atoms with van der Waals surface area (Å²) in [6.07, 6.45) is 0.825. The number of benzene rings is 1. The quantitative estimate of drug-likeness (QED) is 0.564. The third-order valence-corrected chi connectivity index (χ3v) is 5.95. The Morgan fingerprint density at radius 2 is 1.68 bits per heavy atom. The second-order valence-corrected chi connectivity index (χ2v) is 7.03. The fraction of sp³-hybridized carbons (Fsp3) is 0.125. The number of carbonyl (C=O) groups is 2. The molecule has 0 spiro atoms. The molecule has 0 unspecified atom stereocenters. The minimum absolute atomic E-state index is 0.0818. The van der Waals surface area contributed by atoms with E-state index in [1.54, 1.807) is 30.3 Å². The third kappa shape index (κ3) is 1.88.